The van der Waals surface area contributed by atoms with E-state index in [0.717, 1.165) is 19.4 Å². The highest BCUT2D eigenvalue weighted by Crippen LogP contribution is 2.27. The molecule has 17 heavy (non-hydrogen) atoms. The second-order valence-electron chi connectivity index (χ2n) is 3.19. The van der Waals surface area contributed by atoms with Crippen molar-refractivity contribution in [3.63, 3.8) is 0 Å². The molecule has 0 aliphatic carbocycles. The zero-order valence-electron chi connectivity index (χ0n) is 8.49. The van der Waals surface area contributed by atoms with E-state index in [4.69, 9.17) is 0 Å². The Morgan fingerprint density at radius 2 is 2.18 bits per heavy atom. The lowest BCUT2D eigenvalue weighted by atomic mass is 10.5. The van der Waals surface area contributed by atoms with E-state index < -0.39 is 0 Å². The first-order chi connectivity index (χ1) is 8.34. The molecule has 0 radical (unpaired) electrons. The molecule has 0 saturated carbocycles. The van der Waals surface area contributed by atoms with Gasteiger partial charge in [-0.1, -0.05) is 6.07 Å². The van der Waals surface area contributed by atoms with Crippen LogP contribution in [0.15, 0.2) is 47.1 Å². The number of hydrogen-bond donors (Lipinski definition) is 0. The molecule has 7 heteroatoms. The van der Waals surface area contributed by atoms with Gasteiger partial charge in [0.2, 0.25) is 5.16 Å². The number of fused-ring (bicyclic) bond motifs is 1. The summed E-state index contributed by atoms with van der Waals surface area (Å²) in [6.45, 7) is 0. The first kappa shape index (κ1) is 10.9. The lowest BCUT2D eigenvalue weighted by Crippen LogP contribution is -1.90. The van der Waals surface area contributed by atoms with E-state index in [-0.39, 0.29) is 0 Å². The predicted octanol–water partition coefficient (Wildman–Crippen LogP) is 2.28. The van der Waals surface area contributed by atoms with E-state index in [2.05, 4.69) is 42.8 Å². The van der Waals surface area contributed by atoms with Gasteiger partial charge in [0.05, 0.1) is 3.57 Å². The minimum atomic E-state index is 0.803. The van der Waals surface area contributed by atoms with Crippen LogP contribution >= 0.6 is 34.4 Å². The summed E-state index contributed by atoms with van der Waals surface area (Å²) < 4.78 is 2.94. The van der Waals surface area contributed by atoms with Crippen molar-refractivity contribution in [3.8, 4) is 0 Å². The summed E-state index contributed by atoms with van der Waals surface area (Å²) in [5.74, 6) is 0. The highest BCUT2D eigenvalue weighted by molar-refractivity contribution is 14.1. The van der Waals surface area contributed by atoms with Crippen molar-refractivity contribution in [2.45, 2.75) is 10.2 Å². The molecule has 0 aliphatic rings. The van der Waals surface area contributed by atoms with Gasteiger partial charge >= 0.3 is 0 Å². The molecule has 3 aromatic heterocycles. The molecule has 0 saturated heterocycles. The van der Waals surface area contributed by atoms with E-state index in [1.165, 1.54) is 18.1 Å². The Bertz CT molecular complexity index is 668. The zero-order chi connectivity index (χ0) is 11.7. The molecule has 0 aromatic carbocycles. The molecule has 84 valence electrons. The maximum atomic E-state index is 4.22. The first-order valence-corrected chi connectivity index (χ1v) is 6.67. The van der Waals surface area contributed by atoms with Crippen LogP contribution in [-0.4, -0.2) is 24.6 Å². The largest absolute Gasteiger partial charge is 0.277 e. The molecule has 0 spiro atoms. The van der Waals surface area contributed by atoms with Crippen LogP contribution in [0.2, 0.25) is 0 Å². The van der Waals surface area contributed by atoms with Gasteiger partial charge in [0, 0.05) is 12.4 Å². The van der Waals surface area contributed by atoms with Gasteiger partial charge in [-0.25, -0.2) is 9.97 Å². The Labute approximate surface area is 115 Å². The molecule has 0 N–H and O–H groups in total. The number of pyridine rings is 1. The Balaban J connectivity index is 2.03. The minimum Gasteiger partial charge on any atom is -0.277 e. The van der Waals surface area contributed by atoms with Crippen LogP contribution in [0.4, 0.5) is 0 Å². The van der Waals surface area contributed by atoms with Crippen LogP contribution < -0.4 is 0 Å². The Hall–Kier alpha value is -1.22. The minimum absolute atomic E-state index is 0.803. The standard InChI is InChI=1S/C10H6IN5S/c11-7-5-12-6-13-9(7)17-10-15-14-8-3-1-2-4-16(8)10/h1-6H. The van der Waals surface area contributed by atoms with Gasteiger partial charge in [-0.05, 0) is 46.5 Å². The fourth-order valence-corrected chi connectivity index (χ4v) is 2.74. The molecule has 0 atom stereocenters. The van der Waals surface area contributed by atoms with Gasteiger partial charge in [-0.3, -0.25) is 4.40 Å². The number of nitrogens with zero attached hydrogens (tertiary/aromatic N) is 5. The topological polar surface area (TPSA) is 56.0 Å². The van der Waals surface area contributed by atoms with Gasteiger partial charge < -0.3 is 0 Å². The van der Waals surface area contributed by atoms with Gasteiger partial charge in [-0.15, -0.1) is 10.2 Å². The molecule has 0 bridgehead atoms. The van der Waals surface area contributed by atoms with E-state index in [0.29, 0.717) is 0 Å². The second-order valence-corrected chi connectivity index (χ2v) is 5.31. The molecule has 0 amide bonds. The molecule has 3 rings (SSSR count). The quantitative estimate of drug-likeness (QED) is 0.522. The lowest BCUT2D eigenvalue weighted by Gasteiger charge is -2.00. The zero-order valence-corrected chi connectivity index (χ0v) is 11.5. The van der Waals surface area contributed by atoms with Gasteiger partial charge in [0.15, 0.2) is 5.65 Å². The molecule has 0 fully saturated rings. The van der Waals surface area contributed by atoms with Gasteiger partial charge in [0.1, 0.15) is 11.4 Å². The highest BCUT2D eigenvalue weighted by Gasteiger charge is 2.09. The van der Waals surface area contributed by atoms with Crippen LogP contribution in [0.25, 0.3) is 5.65 Å². The van der Waals surface area contributed by atoms with Crippen molar-refractivity contribution in [1.29, 1.82) is 0 Å². The van der Waals surface area contributed by atoms with Crippen LogP contribution in [0.1, 0.15) is 0 Å². The second kappa shape index (κ2) is 4.57. The molecular weight excluding hydrogens is 349 g/mol. The maximum absolute atomic E-state index is 4.22. The molecule has 3 heterocycles. The molecule has 0 aliphatic heterocycles. The van der Waals surface area contributed by atoms with E-state index in [1.807, 2.05) is 28.8 Å². The van der Waals surface area contributed by atoms with Crippen molar-refractivity contribution < 1.29 is 0 Å². The summed E-state index contributed by atoms with van der Waals surface area (Å²) in [7, 11) is 0. The normalized spacial score (nSPS) is 10.9. The Morgan fingerprint density at radius 1 is 1.24 bits per heavy atom. The van der Waals surface area contributed by atoms with E-state index in [1.54, 1.807) is 6.20 Å². The molecular formula is C10H6IN5S. The number of halogens is 1. The maximum Gasteiger partial charge on any atom is 0.201 e. The lowest BCUT2D eigenvalue weighted by molar-refractivity contribution is 0.912. The molecule has 3 aromatic rings. The summed E-state index contributed by atoms with van der Waals surface area (Å²) in [5.41, 5.74) is 0.832. The fraction of sp³-hybridized carbons (Fsp3) is 0. The monoisotopic (exact) mass is 355 g/mol. The van der Waals surface area contributed by atoms with E-state index in [9.17, 15) is 0 Å². The third-order valence-corrected chi connectivity index (χ3v) is 4.24. The van der Waals surface area contributed by atoms with Gasteiger partial charge in [0.25, 0.3) is 0 Å². The summed E-state index contributed by atoms with van der Waals surface area (Å²) in [6.07, 6.45) is 5.25. The van der Waals surface area contributed by atoms with Crippen LogP contribution in [0, 0.1) is 3.57 Å². The smallest absolute Gasteiger partial charge is 0.201 e. The van der Waals surface area contributed by atoms with Crippen LogP contribution in [0.3, 0.4) is 0 Å². The van der Waals surface area contributed by atoms with Crippen LogP contribution in [0.5, 0.6) is 0 Å². The highest BCUT2D eigenvalue weighted by atomic mass is 127. The average Bonchev–Trinajstić information content (AvgIpc) is 2.76. The fourth-order valence-electron chi connectivity index (χ4n) is 1.35. The first-order valence-electron chi connectivity index (χ1n) is 4.78. The van der Waals surface area contributed by atoms with Crippen molar-refractivity contribution in [3.05, 3.63) is 40.5 Å². The van der Waals surface area contributed by atoms with Crippen molar-refractivity contribution >= 4 is 40.0 Å². The molecule has 5 nitrogen and oxygen atoms in total. The summed E-state index contributed by atoms with van der Waals surface area (Å²) in [4.78, 5) is 8.18. The number of hydrogen-bond acceptors (Lipinski definition) is 5. The van der Waals surface area contributed by atoms with Crippen molar-refractivity contribution in [1.82, 2.24) is 24.6 Å². The van der Waals surface area contributed by atoms with Crippen molar-refractivity contribution in [2.75, 3.05) is 0 Å². The predicted molar refractivity (Wildman–Crippen MR) is 71.9 cm³/mol. The van der Waals surface area contributed by atoms with Crippen LogP contribution in [-0.2, 0) is 0 Å². The molecule has 0 unspecified atom stereocenters. The summed E-state index contributed by atoms with van der Waals surface area (Å²) in [6, 6.07) is 5.81. The SMILES string of the molecule is Ic1cncnc1Sc1nnc2ccccn12. The Morgan fingerprint density at radius 3 is 3.06 bits per heavy atom. The number of aromatic nitrogens is 5. The summed E-state index contributed by atoms with van der Waals surface area (Å²) >= 11 is 3.69. The van der Waals surface area contributed by atoms with Gasteiger partial charge in [-0.2, -0.15) is 0 Å². The Kier molecular flexibility index (Phi) is 2.93. The average molecular weight is 355 g/mol. The number of rotatable bonds is 2. The summed E-state index contributed by atoms with van der Waals surface area (Å²) in [5, 5.41) is 9.93. The van der Waals surface area contributed by atoms with E-state index >= 15 is 0 Å². The third kappa shape index (κ3) is 2.12. The third-order valence-electron chi connectivity index (χ3n) is 2.10. The van der Waals surface area contributed by atoms with Crippen molar-refractivity contribution in [2.24, 2.45) is 0 Å².